The topological polar surface area (TPSA) is 59.3 Å². The number of aromatic nitrogens is 2. The molecule has 170 valence electrons. The molecule has 1 aromatic carbocycles. The Hall–Kier alpha value is -3.00. The molecule has 9 heteroatoms. The lowest BCUT2D eigenvalue weighted by Crippen LogP contribution is -2.50. The number of piperazine rings is 1. The number of halogens is 2. The molecule has 0 atom stereocenters. The molecule has 1 amide bonds. The fourth-order valence-electron chi connectivity index (χ4n) is 3.79. The standard InChI is InChI=1S/C23H26ClFN4O3/c1-23(2,3)32-22(30)28-10-8-27(9-11-28)20-13-26-19-12-15(16(24)14-29(19)20)21-17(25)6-5-7-18(21)31-4/h5-7,12-14H,8-11H2,1-4H3. The van der Waals surface area contributed by atoms with Gasteiger partial charge >= 0.3 is 6.09 Å². The predicted octanol–water partition coefficient (Wildman–Crippen LogP) is 4.86. The van der Waals surface area contributed by atoms with Crippen LogP contribution in [-0.2, 0) is 4.74 Å². The SMILES string of the molecule is COc1cccc(F)c1-c1cc2ncc(N3CCN(C(=O)OC(C)(C)C)CC3)n2cc1Cl. The van der Waals surface area contributed by atoms with Crippen LogP contribution in [0.25, 0.3) is 16.8 Å². The van der Waals surface area contributed by atoms with E-state index in [4.69, 9.17) is 21.1 Å². The maximum absolute atomic E-state index is 14.6. The Kier molecular flexibility index (Phi) is 5.90. The fraction of sp³-hybridized carbons (Fsp3) is 0.391. The number of anilines is 1. The zero-order valence-corrected chi connectivity index (χ0v) is 19.3. The van der Waals surface area contributed by atoms with Crippen LogP contribution >= 0.6 is 11.6 Å². The second kappa shape index (κ2) is 8.50. The van der Waals surface area contributed by atoms with Crippen molar-refractivity contribution < 1.29 is 18.7 Å². The second-order valence-electron chi connectivity index (χ2n) is 8.65. The molecule has 0 N–H and O–H groups in total. The summed E-state index contributed by atoms with van der Waals surface area (Å²) in [7, 11) is 1.50. The van der Waals surface area contributed by atoms with Gasteiger partial charge in [0.1, 0.15) is 28.6 Å². The maximum Gasteiger partial charge on any atom is 0.410 e. The first-order valence-electron chi connectivity index (χ1n) is 10.4. The Bertz CT molecular complexity index is 1150. The van der Waals surface area contributed by atoms with E-state index in [9.17, 15) is 9.18 Å². The van der Waals surface area contributed by atoms with Crippen molar-refractivity contribution in [3.8, 4) is 16.9 Å². The molecule has 3 heterocycles. The van der Waals surface area contributed by atoms with Gasteiger partial charge in [0.05, 0.1) is 23.9 Å². The van der Waals surface area contributed by atoms with Crippen molar-refractivity contribution in [2.24, 2.45) is 0 Å². The minimum atomic E-state index is -0.523. The zero-order valence-electron chi connectivity index (χ0n) is 18.6. The van der Waals surface area contributed by atoms with Crippen LogP contribution in [-0.4, -0.2) is 59.3 Å². The summed E-state index contributed by atoms with van der Waals surface area (Å²) in [6.45, 7) is 7.92. The molecule has 2 aromatic heterocycles. The number of fused-ring (bicyclic) bond motifs is 1. The number of amides is 1. The van der Waals surface area contributed by atoms with Gasteiger partial charge in [0.15, 0.2) is 0 Å². The van der Waals surface area contributed by atoms with Gasteiger partial charge in [-0.1, -0.05) is 17.7 Å². The van der Waals surface area contributed by atoms with Crippen LogP contribution in [0.3, 0.4) is 0 Å². The lowest BCUT2D eigenvalue weighted by atomic mass is 10.0. The number of ether oxygens (including phenoxy) is 2. The summed E-state index contributed by atoms with van der Waals surface area (Å²) in [5, 5.41) is 0.382. The van der Waals surface area contributed by atoms with Crippen molar-refractivity contribution >= 4 is 29.2 Å². The Labute approximate surface area is 191 Å². The van der Waals surface area contributed by atoms with Crippen molar-refractivity contribution in [2.45, 2.75) is 26.4 Å². The minimum Gasteiger partial charge on any atom is -0.496 e. The molecular formula is C23H26ClFN4O3. The number of rotatable bonds is 3. The molecule has 0 aliphatic carbocycles. The highest BCUT2D eigenvalue weighted by Crippen LogP contribution is 2.38. The molecule has 1 aliphatic heterocycles. The Morgan fingerprint density at radius 2 is 1.91 bits per heavy atom. The fourth-order valence-corrected chi connectivity index (χ4v) is 4.04. The highest BCUT2D eigenvalue weighted by molar-refractivity contribution is 6.33. The second-order valence-corrected chi connectivity index (χ2v) is 9.06. The van der Waals surface area contributed by atoms with E-state index >= 15 is 0 Å². The van der Waals surface area contributed by atoms with E-state index in [0.29, 0.717) is 53.7 Å². The van der Waals surface area contributed by atoms with Crippen LogP contribution < -0.4 is 9.64 Å². The van der Waals surface area contributed by atoms with E-state index in [0.717, 1.165) is 5.82 Å². The lowest BCUT2D eigenvalue weighted by Gasteiger charge is -2.36. The van der Waals surface area contributed by atoms with Gasteiger partial charge in [0, 0.05) is 37.9 Å². The molecular weight excluding hydrogens is 435 g/mol. The van der Waals surface area contributed by atoms with Crippen molar-refractivity contribution in [3.63, 3.8) is 0 Å². The first-order valence-corrected chi connectivity index (χ1v) is 10.8. The summed E-state index contributed by atoms with van der Waals surface area (Å²) in [6, 6.07) is 6.41. The molecule has 0 unspecified atom stereocenters. The number of hydrogen-bond acceptors (Lipinski definition) is 5. The molecule has 0 spiro atoms. The molecule has 7 nitrogen and oxygen atoms in total. The van der Waals surface area contributed by atoms with Gasteiger partial charge in [0.25, 0.3) is 0 Å². The van der Waals surface area contributed by atoms with Gasteiger partial charge in [-0.3, -0.25) is 4.40 Å². The molecule has 0 radical (unpaired) electrons. The first kappa shape index (κ1) is 22.2. The maximum atomic E-state index is 14.6. The first-order chi connectivity index (χ1) is 15.2. The quantitative estimate of drug-likeness (QED) is 0.558. The number of nitrogens with zero attached hydrogens (tertiary/aromatic N) is 4. The summed E-state index contributed by atoms with van der Waals surface area (Å²) >= 11 is 6.57. The third-order valence-electron chi connectivity index (χ3n) is 5.30. The number of hydrogen-bond donors (Lipinski definition) is 0. The zero-order chi connectivity index (χ0) is 23.0. The summed E-state index contributed by atoms with van der Waals surface area (Å²) in [5.74, 6) is 0.847. The Morgan fingerprint density at radius 1 is 1.19 bits per heavy atom. The van der Waals surface area contributed by atoms with Crippen LogP contribution in [0.4, 0.5) is 15.0 Å². The molecule has 0 saturated carbocycles. The van der Waals surface area contributed by atoms with E-state index in [-0.39, 0.29) is 6.09 Å². The van der Waals surface area contributed by atoms with Crippen LogP contribution in [0.1, 0.15) is 20.8 Å². The number of carbonyl (C=O) groups excluding carboxylic acids is 1. The highest BCUT2D eigenvalue weighted by atomic mass is 35.5. The smallest absolute Gasteiger partial charge is 0.410 e. The molecule has 0 bridgehead atoms. The van der Waals surface area contributed by atoms with E-state index in [1.54, 1.807) is 35.5 Å². The van der Waals surface area contributed by atoms with Crippen LogP contribution in [0, 0.1) is 5.82 Å². The van der Waals surface area contributed by atoms with Gasteiger partial charge in [-0.25, -0.2) is 14.2 Å². The molecule has 32 heavy (non-hydrogen) atoms. The molecule has 3 aromatic rings. The summed E-state index contributed by atoms with van der Waals surface area (Å²) in [6.07, 6.45) is 3.19. The molecule has 4 rings (SSSR count). The van der Waals surface area contributed by atoms with E-state index in [1.165, 1.54) is 13.2 Å². The monoisotopic (exact) mass is 460 g/mol. The number of imidazole rings is 1. The Morgan fingerprint density at radius 3 is 2.56 bits per heavy atom. The third-order valence-corrected chi connectivity index (χ3v) is 5.60. The van der Waals surface area contributed by atoms with Crippen molar-refractivity contribution in [1.29, 1.82) is 0 Å². The average Bonchev–Trinajstić information content (AvgIpc) is 3.14. The average molecular weight is 461 g/mol. The van der Waals surface area contributed by atoms with Gasteiger partial charge in [-0.05, 0) is 39.0 Å². The minimum absolute atomic E-state index is 0.304. The van der Waals surface area contributed by atoms with Crippen LogP contribution in [0.5, 0.6) is 5.75 Å². The van der Waals surface area contributed by atoms with Crippen molar-refractivity contribution in [3.05, 3.63) is 47.5 Å². The van der Waals surface area contributed by atoms with E-state index < -0.39 is 11.4 Å². The largest absolute Gasteiger partial charge is 0.496 e. The number of carbonyl (C=O) groups is 1. The van der Waals surface area contributed by atoms with Gasteiger partial charge in [0.2, 0.25) is 0 Å². The number of methoxy groups -OCH3 is 1. The Balaban J connectivity index is 1.58. The van der Waals surface area contributed by atoms with Crippen molar-refractivity contribution in [2.75, 3.05) is 38.2 Å². The summed E-state index contributed by atoms with van der Waals surface area (Å²) in [5.41, 5.74) is 0.934. The molecule has 1 aliphatic rings. The number of pyridine rings is 1. The molecule has 1 saturated heterocycles. The molecule has 1 fully saturated rings. The van der Waals surface area contributed by atoms with Gasteiger partial charge in [-0.2, -0.15) is 0 Å². The van der Waals surface area contributed by atoms with Crippen molar-refractivity contribution in [1.82, 2.24) is 14.3 Å². The third kappa shape index (κ3) is 4.32. The van der Waals surface area contributed by atoms with Crippen LogP contribution in [0.15, 0.2) is 36.7 Å². The van der Waals surface area contributed by atoms with E-state index in [1.807, 2.05) is 25.2 Å². The highest BCUT2D eigenvalue weighted by Gasteiger charge is 2.27. The summed E-state index contributed by atoms with van der Waals surface area (Å²) < 4.78 is 27.3. The lowest BCUT2D eigenvalue weighted by molar-refractivity contribution is 0.0240. The number of benzene rings is 1. The van der Waals surface area contributed by atoms with Gasteiger partial charge in [-0.15, -0.1) is 0 Å². The van der Waals surface area contributed by atoms with Crippen LogP contribution in [0.2, 0.25) is 5.02 Å². The van der Waals surface area contributed by atoms with E-state index in [2.05, 4.69) is 9.88 Å². The normalized spacial score (nSPS) is 14.7. The van der Waals surface area contributed by atoms with Gasteiger partial charge < -0.3 is 19.3 Å². The predicted molar refractivity (Wildman–Crippen MR) is 122 cm³/mol. The summed E-state index contributed by atoms with van der Waals surface area (Å²) in [4.78, 5) is 20.7.